The van der Waals surface area contributed by atoms with Crippen LogP contribution in [0.25, 0.3) is 10.9 Å². The Morgan fingerprint density at radius 2 is 2.05 bits per heavy atom. The number of nitro groups is 1. The number of terminal acetylenes is 1. The molecular formula is C26H26N9O3+. The van der Waals surface area contributed by atoms with Crippen LogP contribution in [-0.4, -0.2) is 60.5 Å². The van der Waals surface area contributed by atoms with Crippen LogP contribution in [0.2, 0.25) is 0 Å². The number of imidazole rings is 1. The van der Waals surface area contributed by atoms with Gasteiger partial charge in [0.25, 0.3) is 0 Å². The Morgan fingerprint density at radius 1 is 1.24 bits per heavy atom. The van der Waals surface area contributed by atoms with E-state index in [4.69, 9.17) is 6.42 Å². The molecule has 1 amide bonds. The van der Waals surface area contributed by atoms with Crippen LogP contribution in [0.15, 0.2) is 61.3 Å². The zero-order chi connectivity index (χ0) is 27.3. The monoisotopic (exact) mass is 512 g/mol. The van der Waals surface area contributed by atoms with Crippen molar-refractivity contribution in [2.45, 2.75) is 6.54 Å². The van der Waals surface area contributed by atoms with E-state index in [1.54, 1.807) is 30.0 Å². The van der Waals surface area contributed by atoms with Crippen molar-refractivity contribution in [2.24, 2.45) is 7.05 Å². The van der Waals surface area contributed by atoms with E-state index in [0.29, 0.717) is 45.8 Å². The second-order valence-electron chi connectivity index (χ2n) is 9.21. The lowest BCUT2D eigenvalue weighted by atomic mass is 10.2. The summed E-state index contributed by atoms with van der Waals surface area (Å²) in [5, 5.41) is 17.9. The number of rotatable bonds is 9. The summed E-state index contributed by atoms with van der Waals surface area (Å²) in [5.74, 6) is 2.95. The van der Waals surface area contributed by atoms with E-state index < -0.39 is 4.92 Å². The lowest BCUT2D eigenvalue weighted by molar-refractivity contribution is -0.898. The molecule has 0 aliphatic heterocycles. The second kappa shape index (κ2) is 10.9. The van der Waals surface area contributed by atoms with Crippen molar-refractivity contribution in [3.8, 4) is 12.3 Å². The van der Waals surface area contributed by atoms with E-state index in [1.807, 2.05) is 38.4 Å². The maximum Gasteiger partial charge on any atom is 0.390 e. The van der Waals surface area contributed by atoms with Gasteiger partial charge in [-0.3, -0.25) is 4.79 Å². The molecule has 0 fully saturated rings. The molecule has 0 radical (unpaired) electrons. The van der Waals surface area contributed by atoms with Crippen LogP contribution < -0.4 is 10.6 Å². The van der Waals surface area contributed by atoms with Crippen LogP contribution >= 0.6 is 0 Å². The molecule has 0 saturated heterocycles. The van der Waals surface area contributed by atoms with Crippen LogP contribution in [0.3, 0.4) is 0 Å². The normalized spacial score (nSPS) is 11.4. The zero-order valence-electron chi connectivity index (χ0n) is 21.1. The van der Waals surface area contributed by atoms with E-state index in [2.05, 4.69) is 36.5 Å². The van der Waals surface area contributed by atoms with Gasteiger partial charge >= 0.3 is 5.82 Å². The quantitative estimate of drug-likeness (QED) is 0.115. The fourth-order valence-electron chi connectivity index (χ4n) is 3.81. The first-order valence-corrected chi connectivity index (χ1v) is 11.5. The molecule has 0 saturated carbocycles. The molecule has 0 atom stereocenters. The van der Waals surface area contributed by atoms with Crippen molar-refractivity contribution in [1.82, 2.24) is 24.5 Å². The Bertz CT molecular complexity index is 1580. The average Bonchev–Trinajstić information content (AvgIpc) is 3.23. The topological polar surface area (TPSA) is 141 Å². The highest BCUT2D eigenvalue weighted by molar-refractivity contribution is 6.00. The minimum atomic E-state index is -0.490. The van der Waals surface area contributed by atoms with Gasteiger partial charge in [-0.05, 0) is 40.2 Å². The number of hydrogen-bond acceptors (Lipinski definition) is 8. The third-order valence-corrected chi connectivity index (χ3v) is 5.72. The van der Waals surface area contributed by atoms with E-state index in [9.17, 15) is 14.9 Å². The number of benzene rings is 1. The summed E-state index contributed by atoms with van der Waals surface area (Å²) in [5.41, 5.74) is 2.61. The molecule has 192 valence electrons. The molecule has 0 bridgehead atoms. The Balaban J connectivity index is 1.44. The first kappa shape index (κ1) is 25.9. The molecule has 1 aromatic carbocycles. The van der Waals surface area contributed by atoms with Gasteiger partial charge in [0.2, 0.25) is 12.2 Å². The highest BCUT2D eigenvalue weighted by Gasteiger charge is 2.26. The zero-order valence-corrected chi connectivity index (χ0v) is 21.1. The highest BCUT2D eigenvalue weighted by atomic mass is 16.6. The molecule has 2 N–H and O–H groups in total. The van der Waals surface area contributed by atoms with Crippen molar-refractivity contribution in [1.29, 1.82) is 0 Å². The van der Waals surface area contributed by atoms with Gasteiger partial charge in [-0.15, -0.1) is 6.42 Å². The third-order valence-electron chi connectivity index (χ3n) is 5.72. The number of hydrogen-bond donors (Lipinski definition) is 2. The Kier molecular flexibility index (Phi) is 7.40. The van der Waals surface area contributed by atoms with E-state index >= 15 is 0 Å². The summed E-state index contributed by atoms with van der Waals surface area (Å²) >= 11 is 0. The standard InChI is InChI=1S/C26H25N9O3/c1-5-18-8-6-9-19(12-18)31-25-20-13-23(27-14-21(20)28-16-29-25)32-24(36)10-7-11-35(3,4)15-22-26(34(37)38)30-17-33(22)2/h1,6-10,12-14,16-17H,11,15H2,2-4H3,(H-,27,28,29,31,32,36)/p+1/b10-7+. The van der Waals surface area contributed by atoms with Crippen LogP contribution in [-0.2, 0) is 18.4 Å². The molecular weight excluding hydrogens is 486 g/mol. The minimum Gasteiger partial charge on any atom is -0.358 e. The Hall–Kier alpha value is -5.15. The van der Waals surface area contributed by atoms with Crippen LogP contribution in [0, 0.1) is 22.5 Å². The van der Waals surface area contributed by atoms with Crippen molar-refractivity contribution in [3.63, 3.8) is 0 Å². The van der Waals surface area contributed by atoms with Gasteiger partial charge < -0.3 is 29.8 Å². The van der Waals surface area contributed by atoms with E-state index in [-0.39, 0.29) is 11.7 Å². The molecule has 12 nitrogen and oxygen atoms in total. The number of likely N-dealkylation sites (N-methyl/N-ethyl adjacent to an activating group) is 1. The molecule has 38 heavy (non-hydrogen) atoms. The SMILES string of the molecule is C#Cc1cccc(Nc2ncnc3cnc(NC(=O)/C=C/C[N+](C)(C)Cc4c([N+](=O)[O-])ncn4C)cc23)c1. The smallest absolute Gasteiger partial charge is 0.358 e. The number of pyridine rings is 1. The molecule has 3 heterocycles. The molecule has 0 unspecified atom stereocenters. The van der Waals surface area contributed by atoms with Crippen molar-refractivity contribution >= 4 is 40.0 Å². The molecule has 0 aliphatic carbocycles. The first-order valence-electron chi connectivity index (χ1n) is 11.5. The molecule has 3 aromatic heterocycles. The molecule has 0 spiro atoms. The predicted octanol–water partition coefficient (Wildman–Crippen LogP) is 3.16. The van der Waals surface area contributed by atoms with Gasteiger partial charge in [-0.25, -0.2) is 15.0 Å². The van der Waals surface area contributed by atoms with Crippen molar-refractivity contribution in [2.75, 3.05) is 31.3 Å². The fraction of sp³-hybridized carbons (Fsp3) is 0.192. The lowest BCUT2D eigenvalue weighted by Crippen LogP contribution is -2.39. The van der Waals surface area contributed by atoms with Gasteiger partial charge in [-0.2, -0.15) is 0 Å². The summed E-state index contributed by atoms with van der Waals surface area (Å²) in [6.07, 6.45) is 13.0. The number of nitrogens with zero attached hydrogens (tertiary/aromatic N) is 7. The number of amides is 1. The number of aryl methyl sites for hydroxylation is 1. The number of aromatic nitrogens is 5. The molecule has 4 aromatic rings. The van der Waals surface area contributed by atoms with E-state index in [0.717, 1.165) is 11.3 Å². The summed E-state index contributed by atoms with van der Waals surface area (Å²) in [4.78, 5) is 40.0. The Labute approximate surface area is 218 Å². The lowest BCUT2D eigenvalue weighted by Gasteiger charge is -2.27. The minimum absolute atomic E-state index is 0.163. The maximum absolute atomic E-state index is 12.6. The third kappa shape index (κ3) is 6.15. The van der Waals surface area contributed by atoms with Crippen molar-refractivity contribution in [3.05, 3.63) is 82.7 Å². The maximum atomic E-state index is 12.6. The number of nitrogens with one attached hydrogen (secondary N) is 2. The highest BCUT2D eigenvalue weighted by Crippen LogP contribution is 2.25. The van der Waals surface area contributed by atoms with Gasteiger partial charge in [0, 0.05) is 29.8 Å². The molecule has 12 heteroatoms. The van der Waals surface area contributed by atoms with Crippen LogP contribution in [0.1, 0.15) is 11.3 Å². The molecule has 4 rings (SSSR count). The number of carbonyl (C=O) groups is 1. The fourth-order valence-corrected chi connectivity index (χ4v) is 3.81. The first-order chi connectivity index (χ1) is 18.1. The summed E-state index contributed by atoms with van der Waals surface area (Å²) in [6, 6.07) is 9.07. The average molecular weight is 513 g/mol. The second-order valence-corrected chi connectivity index (χ2v) is 9.21. The van der Waals surface area contributed by atoms with Crippen LogP contribution in [0.4, 0.5) is 23.1 Å². The Morgan fingerprint density at radius 3 is 2.82 bits per heavy atom. The van der Waals surface area contributed by atoms with Gasteiger partial charge in [0.05, 0.1) is 32.4 Å². The van der Waals surface area contributed by atoms with Crippen molar-refractivity contribution < 1.29 is 14.2 Å². The molecule has 0 aliphatic rings. The largest absolute Gasteiger partial charge is 0.390 e. The summed E-state index contributed by atoms with van der Waals surface area (Å²) in [7, 11) is 5.55. The van der Waals surface area contributed by atoms with Gasteiger partial charge in [0.1, 0.15) is 24.5 Å². The summed E-state index contributed by atoms with van der Waals surface area (Å²) < 4.78 is 2.02. The predicted molar refractivity (Wildman–Crippen MR) is 143 cm³/mol. The van der Waals surface area contributed by atoms with Gasteiger partial charge in [-0.1, -0.05) is 12.0 Å². The van der Waals surface area contributed by atoms with Crippen LogP contribution in [0.5, 0.6) is 0 Å². The van der Waals surface area contributed by atoms with E-state index in [1.165, 1.54) is 18.7 Å². The summed E-state index contributed by atoms with van der Waals surface area (Å²) in [6.45, 7) is 0.824. The number of carbonyl (C=O) groups excluding carboxylic acids is 1. The van der Waals surface area contributed by atoms with Gasteiger partial charge in [0.15, 0.2) is 5.69 Å². The number of anilines is 3. The number of fused-ring (bicyclic) bond motifs is 1. The number of quaternary nitrogens is 1.